The SMILES string of the molecule is CC(O)=C(C)C#N.[H-].[Na+]. The molecule has 0 saturated carbocycles. The van der Waals surface area contributed by atoms with Gasteiger partial charge in [-0.1, -0.05) is 0 Å². The van der Waals surface area contributed by atoms with Crippen molar-refractivity contribution in [3.63, 3.8) is 0 Å². The van der Waals surface area contributed by atoms with Crippen LogP contribution in [0.2, 0.25) is 0 Å². The zero-order valence-corrected chi connectivity index (χ0v) is 7.39. The van der Waals surface area contributed by atoms with Gasteiger partial charge in [0.1, 0.15) is 5.76 Å². The van der Waals surface area contributed by atoms with E-state index in [0.29, 0.717) is 5.57 Å². The van der Waals surface area contributed by atoms with E-state index in [0.717, 1.165) is 0 Å². The number of nitrogens with zero attached hydrogens (tertiary/aromatic N) is 1. The molecule has 0 aromatic carbocycles. The van der Waals surface area contributed by atoms with Crippen LogP contribution in [0.25, 0.3) is 0 Å². The minimum Gasteiger partial charge on any atom is -1.00 e. The number of allylic oxidation sites excluding steroid dienone is 2. The van der Waals surface area contributed by atoms with E-state index in [4.69, 9.17) is 10.4 Å². The standard InChI is InChI=1S/C5H7NO.Na.H/c1-4(3-6)5(2)7;;/h7H,1-2H3;;/q;+1;-1. The number of nitriles is 1. The fourth-order valence-corrected chi connectivity index (χ4v) is 0.0809. The molecule has 0 spiro atoms. The molecule has 0 saturated heterocycles. The largest absolute Gasteiger partial charge is 1.00 e. The number of rotatable bonds is 0. The van der Waals surface area contributed by atoms with Crippen LogP contribution in [0, 0.1) is 11.3 Å². The summed E-state index contributed by atoms with van der Waals surface area (Å²) in [7, 11) is 0. The van der Waals surface area contributed by atoms with Crippen molar-refractivity contribution in [2.24, 2.45) is 0 Å². The van der Waals surface area contributed by atoms with Crippen molar-refractivity contribution in [1.29, 1.82) is 5.26 Å². The van der Waals surface area contributed by atoms with Gasteiger partial charge in [-0.3, -0.25) is 0 Å². The fourth-order valence-electron chi connectivity index (χ4n) is 0.0809. The molecule has 0 aliphatic rings. The molecule has 0 aromatic rings. The molecule has 0 amide bonds. The molecule has 0 unspecified atom stereocenters. The Labute approximate surface area is 72.6 Å². The Morgan fingerprint density at radius 1 is 1.62 bits per heavy atom. The van der Waals surface area contributed by atoms with Crippen LogP contribution in [0.15, 0.2) is 11.3 Å². The predicted octanol–water partition coefficient (Wildman–Crippen LogP) is -1.52. The van der Waals surface area contributed by atoms with Crippen molar-refractivity contribution in [3.8, 4) is 6.07 Å². The van der Waals surface area contributed by atoms with Gasteiger partial charge >= 0.3 is 29.6 Å². The zero-order valence-electron chi connectivity index (χ0n) is 6.39. The Balaban J connectivity index is -0.000000180. The van der Waals surface area contributed by atoms with Gasteiger partial charge in [-0.15, -0.1) is 0 Å². The van der Waals surface area contributed by atoms with Crippen molar-refractivity contribution in [3.05, 3.63) is 11.3 Å². The van der Waals surface area contributed by atoms with Crippen LogP contribution in [-0.2, 0) is 0 Å². The molecule has 0 aliphatic carbocycles. The first-order valence-electron chi connectivity index (χ1n) is 1.95. The van der Waals surface area contributed by atoms with E-state index in [1.54, 1.807) is 13.0 Å². The van der Waals surface area contributed by atoms with E-state index in [9.17, 15) is 0 Å². The van der Waals surface area contributed by atoms with E-state index in [2.05, 4.69) is 0 Å². The van der Waals surface area contributed by atoms with Crippen LogP contribution >= 0.6 is 0 Å². The van der Waals surface area contributed by atoms with Crippen LogP contribution < -0.4 is 29.6 Å². The van der Waals surface area contributed by atoms with E-state index in [1.807, 2.05) is 0 Å². The quantitative estimate of drug-likeness (QED) is 0.240. The van der Waals surface area contributed by atoms with Crippen molar-refractivity contribution >= 4 is 0 Å². The maximum atomic E-state index is 8.48. The molecule has 0 heterocycles. The summed E-state index contributed by atoms with van der Waals surface area (Å²) in [6.07, 6.45) is 0. The second-order valence-electron chi connectivity index (χ2n) is 1.32. The molecular formula is C5H8NNaO. The van der Waals surface area contributed by atoms with Crippen LogP contribution in [0.4, 0.5) is 0 Å². The van der Waals surface area contributed by atoms with Gasteiger partial charge in [0.25, 0.3) is 0 Å². The predicted molar refractivity (Wildman–Crippen MR) is 27.7 cm³/mol. The van der Waals surface area contributed by atoms with Crippen LogP contribution in [-0.4, -0.2) is 5.11 Å². The average molecular weight is 121 g/mol. The van der Waals surface area contributed by atoms with Gasteiger partial charge in [-0.2, -0.15) is 5.26 Å². The molecule has 0 rings (SSSR count). The maximum absolute atomic E-state index is 8.48. The molecule has 0 radical (unpaired) electrons. The monoisotopic (exact) mass is 121 g/mol. The minimum absolute atomic E-state index is 0. The summed E-state index contributed by atoms with van der Waals surface area (Å²) < 4.78 is 0. The van der Waals surface area contributed by atoms with Gasteiger partial charge in [0.05, 0.1) is 11.6 Å². The molecule has 2 nitrogen and oxygen atoms in total. The Bertz CT molecular complexity index is 134. The van der Waals surface area contributed by atoms with Crippen molar-refractivity contribution in [2.75, 3.05) is 0 Å². The molecule has 0 aliphatic heterocycles. The minimum atomic E-state index is 0. The average Bonchev–Trinajstić information content (AvgIpc) is 1.65. The summed E-state index contributed by atoms with van der Waals surface area (Å²) in [5, 5.41) is 16.5. The Kier molecular flexibility index (Phi) is 7.06. The van der Waals surface area contributed by atoms with Crippen LogP contribution in [0.3, 0.4) is 0 Å². The van der Waals surface area contributed by atoms with E-state index in [1.165, 1.54) is 6.92 Å². The van der Waals surface area contributed by atoms with Gasteiger partial charge < -0.3 is 6.53 Å². The molecule has 40 valence electrons. The summed E-state index contributed by atoms with van der Waals surface area (Å²) in [6.45, 7) is 3.05. The smallest absolute Gasteiger partial charge is 1.00 e. The third-order valence-corrected chi connectivity index (χ3v) is 0.710. The fraction of sp³-hybridized carbons (Fsp3) is 0.400. The molecule has 8 heavy (non-hydrogen) atoms. The summed E-state index contributed by atoms with van der Waals surface area (Å²) in [4.78, 5) is 0. The van der Waals surface area contributed by atoms with Gasteiger partial charge in [-0.05, 0) is 13.8 Å². The number of hydrogen-bond acceptors (Lipinski definition) is 2. The van der Waals surface area contributed by atoms with Gasteiger partial charge in [-0.25, -0.2) is 0 Å². The second kappa shape index (κ2) is 5.17. The molecule has 3 heteroatoms. The zero-order chi connectivity index (χ0) is 5.86. The first-order valence-corrected chi connectivity index (χ1v) is 1.95. The van der Waals surface area contributed by atoms with Gasteiger partial charge in [0.2, 0.25) is 0 Å². The van der Waals surface area contributed by atoms with Crippen LogP contribution in [0.5, 0.6) is 0 Å². The Morgan fingerprint density at radius 2 is 2.00 bits per heavy atom. The van der Waals surface area contributed by atoms with E-state index in [-0.39, 0.29) is 36.7 Å². The molecule has 0 aromatic heterocycles. The molecule has 1 N–H and O–H groups in total. The number of hydrogen-bond donors (Lipinski definition) is 1. The summed E-state index contributed by atoms with van der Waals surface area (Å²) >= 11 is 0. The maximum Gasteiger partial charge on any atom is 1.00 e. The van der Waals surface area contributed by atoms with E-state index < -0.39 is 0 Å². The summed E-state index contributed by atoms with van der Waals surface area (Å²) in [5.41, 5.74) is 0.375. The molecular weight excluding hydrogens is 113 g/mol. The normalized spacial score (nSPS) is 10.6. The van der Waals surface area contributed by atoms with Gasteiger partial charge in [0, 0.05) is 0 Å². The number of aliphatic hydroxyl groups excluding tert-OH is 1. The Morgan fingerprint density at radius 3 is 2.00 bits per heavy atom. The van der Waals surface area contributed by atoms with Crippen LogP contribution in [0.1, 0.15) is 15.3 Å². The molecule has 0 bridgehead atoms. The first kappa shape index (κ1) is 10.9. The van der Waals surface area contributed by atoms with Gasteiger partial charge in [0.15, 0.2) is 0 Å². The molecule has 0 atom stereocenters. The third kappa shape index (κ3) is 4.20. The topological polar surface area (TPSA) is 44.0 Å². The number of aliphatic hydroxyl groups is 1. The third-order valence-electron chi connectivity index (χ3n) is 0.710. The first-order chi connectivity index (χ1) is 3.18. The van der Waals surface area contributed by atoms with E-state index >= 15 is 0 Å². The van der Waals surface area contributed by atoms with Crippen molar-refractivity contribution in [1.82, 2.24) is 0 Å². The molecule has 0 fully saturated rings. The summed E-state index contributed by atoms with van der Waals surface area (Å²) in [5.74, 6) is 0.0995. The van der Waals surface area contributed by atoms with Crippen molar-refractivity contribution < 1.29 is 36.1 Å². The summed E-state index contributed by atoms with van der Waals surface area (Å²) in [6, 6.07) is 1.79. The Hall–Kier alpha value is 0.0300. The van der Waals surface area contributed by atoms with Crippen molar-refractivity contribution in [2.45, 2.75) is 13.8 Å². The second-order valence-corrected chi connectivity index (χ2v) is 1.32.